The van der Waals surface area contributed by atoms with Crippen LogP contribution in [0, 0.1) is 0 Å². The zero-order valence-corrected chi connectivity index (χ0v) is 16.9. The maximum Gasteiger partial charge on any atom is 0.166 e. The molecular formula is C25H29NO3. The molecule has 0 saturated heterocycles. The van der Waals surface area contributed by atoms with E-state index in [-0.39, 0.29) is 12.4 Å². The Balaban J connectivity index is 1.62. The number of aliphatic hydroxyl groups is 1. The number of ether oxygens (including phenoxy) is 1. The molecule has 0 bridgehead atoms. The van der Waals surface area contributed by atoms with Crippen LogP contribution in [0.3, 0.4) is 0 Å². The molecule has 152 valence electrons. The van der Waals surface area contributed by atoms with Gasteiger partial charge < -0.3 is 15.2 Å². The van der Waals surface area contributed by atoms with E-state index in [2.05, 4.69) is 36.5 Å². The molecule has 0 aliphatic carbocycles. The van der Waals surface area contributed by atoms with Crippen LogP contribution in [0.5, 0.6) is 5.75 Å². The maximum absolute atomic E-state index is 12.9. The number of para-hydroxylation sites is 1. The van der Waals surface area contributed by atoms with Crippen LogP contribution in [0.4, 0.5) is 0 Å². The SMILES string of the molecule is CCCNCC(O)COc1ccccc1C(=O)CCc1cccc2ccccc12. The lowest BCUT2D eigenvalue weighted by molar-refractivity contribution is 0.0950. The molecular weight excluding hydrogens is 362 g/mol. The number of benzene rings is 3. The molecule has 0 aliphatic rings. The van der Waals surface area contributed by atoms with E-state index in [1.165, 1.54) is 16.3 Å². The number of hydrogen-bond donors (Lipinski definition) is 2. The molecule has 0 spiro atoms. The molecule has 3 aromatic carbocycles. The van der Waals surface area contributed by atoms with Crippen molar-refractivity contribution >= 4 is 16.6 Å². The van der Waals surface area contributed by atoms with Crippen molar-refractivity contribution in [3.63, 3.8) is 0 Å². The summed E-state index contributed by atoms with van der Waals surface area (Å²) < 4.78 is 5.76. The number of nitrogens with one attached hydrogen (secondary N) is 1. The van der Waals surface area contributed by atoms with Gasteiger partial charge in [0.05, 0.1) is 5.56 Å². The van der Waals surface area contributed by atoms with E-state index in [1.54, 1.807) is 12.1 Å². The number of Topliss-reactive ketones (excluding diaryl/α,β-unsaturated/α-hetero) is 1. The molecule has 4 heteroatoms. The third-order valence-electron chi connectivity index (χ3n) is 4.93. The van der Waals surface area contributed by atoms with E-state index in [1.807, 2.05) is 30.3 Å². The second kappa shape index (κ2) is 10.7. The van der Waals surface area contributed by atoms with Crippen LogP contribution in [-0.4, -0.2) is 36.7 Å². The minimum absolute atomic E-state index is 0.0483. The Morgan fingerprint density at radius 1 is 1.03 bits per heavy atom. The number of rotatable bonds is 11. The van der Waals surface area contributed by atoms with Crippen LogP contribution < -0.4 is 10.1 Å². The predicted octanol–water partition coefficient (Wildman–Crippen LogP) is 4.39. The first-order valence-electron chi connectivity index (χ1n) is 10.3. The molecule has 1 unspecified atom stereocenters. The predicted molar refractivity (Wildman–Crippen MR) is 118 cm³/mol. The van der Waals surface area contributed by atoms with Crippen molar-refractivity contribution in [2.45, 2.75) is 32.3 Å². The minimum Gasteiger partial charge on any atom is -0.490 e. The number of hydrogen-bond acceptors (Lipinski definition) is 4. The van der Waals surface area contributed by atoms with E-state index in [4.69, 9.17) is 4.74 Å². The van der Waals surface area contributed by atoms with Crippen LogP contribution in [0.15, 0.2) is 66.7 Å². The van der Waals surface area contributed by atoms with E-state index < -0.39 is 6.10 Å². The third kappa shape index (κ3) is 5.89. The molecule has 0 amide bonds. The first-order chi connectivity index (χ1) is 14.2. The number of carbonyl (C=O) groups excluding carboxylic acids is 1. The van der Waals surface area contributed by atoms with Gasteiger partial charge in [-0.1, -0.05) is 61.5 Å². The Labute approximate surface area is 172 Å². The topological polar surface area (TPSA) is 58.6 Å². The number of fused-ring (bicyclic) bond motifs is 1. The summed E-state index contributed by atoms with van der Waals surface area (Å²) in [5.41, 5.74) is 1.74. The largest absolute Gasteiger partial charge is 0.490 e. The van der Waals surface area contributed by atoms with Gasteiger partial charge in [-0.05, 0) is 47.9 Å². The van der Waals surface area contributed by atoms with Crippen LogP contribution in [-0.2, 0) is 6.42 Å². The lowest BCUT2D eigenvalue weighted by Crippen LogP contribution is -2.32. The lowest BCUT2D eigenvalue weighted by atomic mass is 9.98. The van der Waals surface area contributed by atoms with Gasteiger partial charge in [0.1, 0.15) is 18.5 Å². The fourth-order valence-corrected chi connectivity index (χ4v) is 3.41. The standard InChI is InChI=1S/C25H29NO3/c1-2-16-26-17-21(27)18-29-25-13-6-5-12-23(25)24(28)15-14-20-10-7-9-19-8-3-4-11-22(19)20/h3-13,21,26-27H,2,14-18H2,1H3. The minimum atomic E-state index is -0.611. The van der Waals surface area contributed by atoms with Crippen molar-refractivity contribution in [2.24, 2.45) is 0 Å². The molecule has 0 aliphatic heterocycles. The summed E-state index contributed by atoms with van der Waals surface area (Å²) >= 11 is 0. The fraction of sp³-hybridized carbons (Fsp3) is 0.320. The molecule has 0 radical (unpaired) electrons. The highest BCUT2D eigenvalue weighted by Gasteiger charge is 2.14. The molecule has 3 rings (SSSR count). The summed E-state index contributed by atoms with van der Waals surface area (Å²) in [7, 11) is 0. The summed E-state index contributed by atoms with van der Waals surface area (Å²) in [6, 6.07) is 21.7. The smallest absolute Gasteiger partial charge is 0.166 e. The Bertz CT molecular complexity index is 933. The Hall–Kier alpha value is -2.69. The highest BCUT2D eigenvalue weighted by molar-refractivity contribution is 5.99. The van der Waals surface area contributed by atoms with E-state index >= 15 is 0 Å². The fourth-order valence-electron chi connectivity index (χ4n) is 3.41. The van der Waals surface area contributed by atoms with Gasteiger partial charge in [-0.15, -0.1) is 0 Å². The molecule has 0 aromatic heterocycles. The summed E-state index contributed by atoms with van der Waals surface area (Å²) in [6.07, 6.45) is 1.50. The van der Waals surface area contributed by atoms with Crippen LogP contribution in [0.25, 0.3) is 10.8 Å². The van der Waals surface area contributed by atoms with Crippen molar-refractivity contribution in [3.8, 4) is 5.75 Å². The Morgan fingerprint density at radius 3 is 2.66 bits per heavy atom. The van der Waals surface area contributed by atoms with Gasteiger partial charge in [0, 0.05) is 13.0 Å². The second-order valence-electron chi connectivity index (χ2n) is 7.23. The molecule has 2 N–H and O–H groups in total. The van der Waals surface area contributed by atoms with Gasteiger partial charge in [0.25, 0.3) is 0 Å². The molecule has 1 atom stereocenters. The average Bonchev–Trinajstić information content (AvgIpc) is 2.76. The van der Waals surface area contributed by atoms with Crippen molar-refractivity contribution in [2.75, 3.05) is 19.7 Å². The summed E-state index contributed by atoms with van der Waals surface area (Å²) in [5, 5.41) is 15.6. The highest BCUT2D eigenvalue weighted by Crippen LogP contribution is 2.23. The number of carbonyl (C=O) groups is 1. The Kier molecular flexibility index (Phi) is 7.79. The van der Waals surface area contributed by atoms with Gasteiger partial charge in [-0.25, -0.2) is 0 Å². The van der Waals surface area contributed by atoms with E-state index in [0.717, 1.165) is 13.0 Å². The van der Waals surface area contributed by atoms with Crippen LogP contribution >= 0.6 is 0 Å². The lowest BCUT2D eigenvalue weighted by Gasteiger charge is -2.15. The normalized spacial score (nSPS) is 12.1. The zero-order chi connectivity index (χ0) is 20.5. The maximum atomic E-state index is 12.9. The molecule has 4 nitrogen and oxygen atoms in total. The third-order valence-corrected chi connectivity index (χ3v) is 4.93. The van der Waals surface area contributed by atoms with Gasteiger partial charge in [-0.3, -0.25) is 4.79 Å². The summed E-state index contributed by atoms with van der Waals surface area (Å²) in [5.74, 6) is 0.581. The van der Waals surface area contributed by atoms with Gasteiger partial charge in [0.15, 0.2) is 5.78 Å². The monoisotopic (exact) mass is 391 g/mol. The van der Waals surface area contributed by atoms with Gasteiger partial charge in [0.2, 0.25) is 0 Å². The second-order valence-corrected chi connectivity index (χ2v) is 7.23. The highest BCUT2D eigenvalue weighted by atomic mass is 16.5. The number of ketones is 1. The van der Waals surface area contributed by atoms with Crippen LogP contribution in [0.1, 0.15) is 35.7 Å². The van der Waals surface area contributed by atoms with E-state index in [9.17, 15) is 9.90 Å². The molecule has 0 heterocycles. The zero-order valence-electron chi connectivity index (χ0n) is 16.9. The molecule has 0 fully saturated rings. The summed E-state index contributed by atoms with van der Waals surface area (Å²) in [6.45, 7) is 3.58. The quantitative estimate of drug-likeness (QED) is 0.376. The first-order valence-corrected chi connectivity index (χ1v) is 10.3. The van der Waals surface area contributed by atoms with E-state index in [0.29, 0.717) is 30.7 Å². The molecule has 3 aromatic rings. The van der Waals surface area contributed by atoms with Crippen LogP contribution in [0.2, 0.25) is 0 Å². The average molecular weight is 392 g/mol. The summed E-state index contributed by atoms with van der Waals surface area (Å²) in [4.78, 5) is 12.9. The first kappa shape index (κ1) is 21.0. The number of aryl methyl sites for hydroxylation is 1. The van der Waals surface area contributed by atoms with Crippen molar-refractivity contribution in [3.05, 3.63) is 77.9 Å². The van der Waals surface area contributed by atoms with Gasteiger partial charge in [-0.2, -0.15) is 0 Å². The molecule has 0 saturated carbocycles. The van der Waals surface area contributed by atoms with Gasteiger partial charge >= 0.3 is 0 Å². The molecule has 29 heavy (non-hydrogen) atoms. The van der Waals surface area contributed by atoms with Crippen molar-refractivity contribution in [1.29, 1.82) is 0 Å². The Morgan fingerprint density at radius 2 is 1.79 bits per heavy atom. The number of aliphatic hydroxyl groups excluding tert-OH is 1. The van der Waals surface area contributed by atoms with Crippen molar-refractivity contribution in [1.82, 2.24) is 5.32 Å². The van der Waals surface area contributed by atoms with Crippen molar-refractivity contribution < 1.29 is 14.6 Å².